The Hall–Kier alpha value is -2.04. The summed E-state index contributed by atoms with van der Waals surface area (Å²) in [5, 5.41) is 0. The molecule has 1 rings (SSSR count). The summed E-state index contributed by atoms with van der Waals surface area (Å²) in [6.07, 6.45) is -0.950. The normalized spacial score (nSPS) is 11.9. The van der Waals surface area contributed by atoms with E-state index in [1.165, 1.54) is 13.0 Å². The van der Waals surface area contributed by atoms with Crippen molar-refractivity contribution in [2.24, 2.45) is 5.73 Å². The van der Waals surface area contributed by atoms with E-state index in [4.69, 9.17) is 16.2 Å². The molecule has 1 aromatic carbocycles. The molecule has 4 N–H and O–H groups in total. The number of primary amides is 1. The first kappa shape index (κ1) is 12.0. The highest BCUT2D eigenvalue weighted by atomic mass is 16.5. The molecule has 1 aromatic rings. The van der Waals surface area contributed by atoms with Crippen molar-refractivity contribution in [3.8, 4) is 0 Å². The second kappa shape index (κ2) is 4.65. The maximum absolute atomic E-state index is 11.6. The third-order valence-corrected chi connectivity index (χ3v) is 2.02. The molecule has 0 saturated heterocycles. The molecule has 5 heteroatoms. The first-order valence-corrected chi connectivity index (χ1v) is 4.77. The van der Waals surface area contributed by atoms with Gasteiger partial charge in [0.05, 0.1) is 5.56 Å². The molecular weight excluding hydrogens is 208 g/mol. The predicted molar refractivity (Wildman–Crippen MR) is 59.7 cm³/mol. The van der Waals surface area contributed by atoms with Gasteiger partial charge in [0.2, 0.25) is 0 Å². The van der Waals surface area contributed by atoms with Crippen molar-refractivity contribution >= 4 is 17.6 Å². The molecular formula is C11H14N2O3. The SMILES string of the molecule is Cc1cc(N)cc(C(=O)OC(C)C(N)=O)c1. The summed E-state index contributed by atoms with van der Waals surface area (Å²) in [4.78, 5) is 22.3. The Balaban J connectivity index is 2.84. The van der Waals surface area contributed by atoms with E-state index in [9.17, 15) is 9.59 Å². The van der Waals surface area contributed by atoms with Crippen molar-refractivity contribution in [2.45, 2.75) is 20.0 Å². The number of hydrogen-bond acceptors (Lipinski definition) is 4. The molecule has 0 heterocycles. The second-order valence-electron chi connectivity index (χ2n) is 3.58. The van der Waals surface area contributed by atoms with Crippen molar-refractivity contribution in [3.63, 3.8) is 0 Å². The van der Waals surface area contributed by atoms with Gasteiger partial charge in [-0.05, 0) is 37.6 Å². The lowest BCUT2D eigenvalue weighted by Gasteiger charge is -2.10. The van der Waals surface area contributed by atoms with Crippen molar-refractivity contribution in [1.82, 2.24) is 0 Å². The number of benzene rings is 1. The molecule has 0 radical (unpaired) electrons. The average molecular weight is 222 g/mol. The molecule has 5 nitrogen and oxygen atoms in total. The smallest absolute Gasteiger partial charge is 0.338 e. The predicted octanol–water partition coefficient (Wildman–Crippen LogP) is 0.608. The Bertz CT molecular complexity index is 409. The Kier molecular flexibility index (Phi) is 3.50. The van der Waals surface area contributed by atoms with Gasteiger partial charge in [-0.25, -0.2) is 4.79 Å². The van der Waals surface area contributed by atoms with Gasteiger partial charge < -0.3 is 16.2 Å². The molecule has 0 saturated carbocycles. The third-order valence-electron chi connectivity index (χ3n) is 2.02. The number of aryl methyl sites for hydroxylation is 1. The molecule has 0 aromatic heterocycles. The van der Waals surface area contributed by atoms with Gasteiger partial charge in [0, 0.05) is 5.69 Å². The van der Waals surface area contributed by atoms with E-state index in [1.54, 1.807) is 12.1 Å². The lowest BCUT2D eigenvalue weighted by atomic mass is 10.1. The highest BCUT2D eigenvalue weighted by Crippen LogP contribution is 2.13. The molecule has 0 aliphatic carbocycles. The summed E-state index contributed by atoms with van der Waals surface area (Å²) in [5.74, 6) is -1.30. The van der Waals surface area contributed by atoms with Gasteiger partial charge >= 0.3 is 5.97 Å². The maximum Gasteiger partial charge on any atom is 0.338 e. The van der Waals surface area contributed by atoms with E-state index in [2.05, 4.69) is 0 Å². The van der Waals surface area contributed by atoms with E-state index in [-0.39, 0.29) is 0 Å². The molecule has 0 aliphatic heterocycles. The summed E-state index contributed by atoms with van der Waals surface area (Å²) >= 11 is 0. The van der Waals surface area contributed by atoms with Gasteiger partial charge in [0.1, 0.15) is 0 Å². The van der Waals surface area contributed by atoms with Crippen LogP contribution in [0.4, 0.5) is 5.69 Å². The molecule has 0 spiro atoms. The van der Waals surface area contributed by atoms with Crippen LogP contribution in [0.3, 0.4) is 0 Å². The number of nitrogen functional groups attached to an aromatic ring is 1. The van der Waals surface area contributed by atoms with Crippen LogP contribution in [-0.2, 0) is 9.53 Å². The van der Waals surface area contributed by atoms with E-state index in [0.29, 0.717) is 11.3 Å². The third kappa shape index (κ3) is 2.98. The molecule has 86 valence electrons. The maximum atomic E-state index is 11.6. The standard InChI is InChI=1S/C11H14N2O3/c1-6-3-8(5-9(12)4-6)11(15)16-7(2)10(13)14/h3-5,7H,12H2,1-2H3,(H2,13,14). The minimum Gasteiger partial charge on any atom is -0.449 e. The zero-order valence-electron chi connectivity index (χ0n) is 9.19. The number of carbonyl (C=O) groups excluding carboxylic acids is 2. The van der Waals surface area contributed by atoms with Crippen LogP contribution in [0.15, 0.2) is 18.2 Å². The van der Waals surface area contributed by atoms with Crippen LogP contribution >= 0.6 is 0 Å². The second-order valence-corrected chi connectivity index (χ2v) is 3.58. The lowest BCUT2D eigenvalue weighted by Crippen LogP contribution is -2.30. The minimum atomic E-state index is -0.950. The van der Waals surface area contributed by atoms with Gasteiger partial charge in [-0.2, -0.15) is 0 Å². The molecule has 1 amide bonds. The summed E-state index contributed by atoms with van der Waals surface area (Å²) in [6, 6.07) is 4.85. The van der Waals surface area contributed by atoms with Crippen LogP contribution in [0.2, 0.25) is 0 Å². The van der Waals surface area contributed by atoms with Gasteiger partial charge in [-0.3, -0.25) is 4.79 Å². The van der Waals surface area contributed by atoms with Gasteiger partial charge in [0.15, 0.2) is 6.10 Å². The van der Waals surface area contributed by atoms with Gasteiger partial charge in [0.25, 0.3) is 5.91 Å². The molecule has 0 aliphatic rings. The number of hydrogen-bond donors (Lipinski definition) is 2. The van der Waals surface area contributed by atoms with Crippen molar-refractivity contribution in [2.75, 3.05) is 5.73 Å². The Morgan fingerprint density at radius 2 is 1.94 bits per heavy atom. The van der Waals surface area contributed by atoms with Gasteiger partial charge in [-0.15, -0.1) is 0 Å². The van der Waals surface area contributed by atoms with Crippen molar-refractivity contribution in [3.05, 3.63) is 29.3 Å². The fraction of sp³-hybridized carbons (Fsp3) is 0.273. The zero-order chi connectivity index (χ0) is 12.3. The molecule has 1 unspecified atom stereocenters. The van der Waals surface area contributed by atoms with Crippen LogP contribution < -0.4 is 11.5 Å². The lowest BCUT2D eigenvalue weighted by molar-refractivity contribution is -0.125. The zero-order valence-corrected chi connectivity index (χ0v) is 9.19. The van der Waals surface area contributed by atoms with Crippen LogP contribution in [0.25, 0.3) is 0 Å². The molecule has 0 fully saturated rings. The number of amides is 1. The van der Waals surface area contributed by atoms with E-state index >= 15 is 0 Å². The number of esters is 1. The fourth-order valence-electron chi connectivity index (χ4n) is 1.22. The van der Waals surface area contributed by atoms with Crippen LogP contribution in [0, 0.1) is 6.92 Å². The topological polar surface area (TPSA) is 95.4 Å². The Labute approximate surface area is 93.4 Å². The van der Waals surface area contributed by atoms with Crippen molar-refractivity contribution < 1.29 is 14.3 Å². The van der Waals surface area contributed by atoms with E-state index < -0.39 is 18.0 Å². The largest absolute Gasteiger partial charge is 0.449 e. The number of ether oxygens (including phenoxy) is 1. The first-order valence-electron chi connectivity index (χ1n) is 4.77. The van der Waals surface area contributed by atoms with Gasteiger partial charge in [-0.1, -0.05) is 0 Å². The quantitative estimate of drug-likeness (QED) is 0.578. The van der Waals surface area contributed by atoms with E-state index in [1.807, 2.05) is 6.92 Å². The van der Waals surface area contributed by atoms with Crippen molar-refractivity contribution in [1.29, 1.82) is 0 Å². The van der Waals surface area contributed by atoms with Crippen LogP contribution in [0.5, 0.6) is 0 Å². The van der Waals surface area contributed by atoms with Crippen LogP contribution in [0.1, 0.15) is 22.8 Å². The van der Waals surface area contributed by atoms with E-state index in [0.717, 1.165) is 5.56 Å². The fourth-order valence-corrected chi connectivity index (χ4v) is 1.22. The summed E-state index contributed by atoms with van der Waals surface area (Å²) in [7, 11) is 0. The number of nitrogens with two attached hydrogens (primary N) is 2. The monoisotopic (exact) mass is 222 g/mol. The Morgan fingerprint density at radius 3 is 2.44 bits per heavy atom. The molecule has 16 heavy (non-hydrogen) atoms. The summed E-state index contributed by atoms with van der Waals surface area (Å²) in [6.45, 7) is 3.23. The minimum absolute atomic E-state index is 0.311. The molecule has 0 bridgehead atoms. The highest BCUT2D eigenvalue weighted by Gasteiger charge is 2.16. The summed E-state index contributed by atoms with van der Waals surface area (Å²) < 4.78 is 4.84. The highest BCUT2D eigenvalue weighted by molar-refractivity contribution is 5.92. The Morgan fingerprint density at radius 1 is 1.31 bits per heavy atom. The first-order chi connectivity index (χ1) is 7.40. The number of anilines is 1. The molecule has 1 atom stereocenters. The average Bonchev–Trinajstić information content (AvgIpc) is 2.15. The summed E-state index contributed by atoms with van der Waals surface area (Å²) in [5.41, 5.74) is 12.2. The van der Waals surface area contributed by atoms with Crippen LogP contribution in [-0.4, -0.2) is 18.0 Å². The number of rotatable bonds is 3. The number of carbonyl (C=O) groups is 2.